The Labute approximate surface area is 83.0 Å². The molecule has 0 saturated heterocycles. The van der Waals surface area contributed by atoms with E-state index in [4.69, 9.17) is 5.73 Å². The zero-order valence-electron chi connectivity index (χ0n) is 8.12. The van der Waals surface area contributed by atoms with Crippen molar-refractivity contribution < 1.29 is 0 Å². The standard InChI is InChI=1S/C11H13N3/c1-2-13-11-7-10-8(6-9(11)12)4-3-5-14-10/h3-7,13H,2,12H2,1H3. The van der Waals surface area contributed by atoms with Crippen molar-refractivity contribution in [2.24, 2.45) is 0 Å². The van der Waals surface area contributed by atoms with Gasteiger partial charge in [0.05, 0.1) is 16.9 Å². The van der Waals surface area contributed by atoms with Crippen LogP contribution in [0, 0.1) is 0 Å². The molecular weight excluding hydrogens is 174 g/mol. The highest BCUT2D eigenvalue weighted by atomic mass is 14.9. The zero-order valence-corrected chi connectivity index (χ0v) is 8.12. The average molecular weight is 187 g/mol. The number of fused-ring (bicyclic) bond motifs is 1. The van der Waals surface area contributed by atoms with Crippen LogP contribution in [0.4, 0.5) is 11.4 Å². The quantitative estimate of drug-likeness (QED) is 0.709. The third-order valence-corrected chi connectivity index (χ3v) is 2.14. The summed E-state index contributed by atoms with van der Waals surface area (Å²) in [7, 11) is 0. The average Bonchev–Trinajstić information content (AvgIpc) is 2.19. The van der Waals surface area contributed by atoms with Gasteiger partial charge >= 0.3 is 0 Å². The Kier molecular flexibility index (Phi) is 2.23. The lowest BCUT2D eigenvalue weighted by Crippen LogP contribution is -2.00. The summed E-state index contributed by atoms with van der Waals surface area (Å²) in [5.41, 5.74) is 8.58. The molecule has 0 atom stereocenters. The summed E-state index contributed by atoms with van der Waals surface area (Å²) >= 11 is 0. The van der Waals surface area contributed by atoms with Crippen LogP contribution in [0.15, 0.2) is 30.5 Å². The molecule has 1 aromatic carbocycles. The Bertz CT molecular complexity index is 451. The molecule has 0 fully saturated rings. The van der Waals surface area contributed by atoms with Crippen molar-refractivity contribution in [2.45, 2.75) is 6.92 Å². The Balaban J connectivity index is 2.59. The second-order valence-corrected chi connectivity index (χ2v) is 3.17. The number of benzene rings is 1. The van der Waals surface area contributed by atoms with Gasteiger partial charge in [-0.1, -0.05) is 6.07 Å². The lowest BCUT2D eigenvalue weighted by molar-refractivity contribution is 1.21. The van der Waals surface area contributed by atoms with E-state index in [0.29, 0.717) is 0 Å². The van der Waals surface area contributed by atoms with Gasteiger partial charge in [-0.15, -0.1) is 0 Å². The summed E-state index contributed by atoms with van der Waals surface area (Å²) < 4.78 is 0. The molecule has 14 heavy (non-hydrogen) atoms. The van der Waals surface area contributed by atoms with Gasteiger partial charge in [0, 0.05) is 18.1 Å². The van der Waals surface area contributed by atoms with Gasteiger partial charge in [0.25, 0.3) is 0 Å². The van der Waals surface area contributed by atoms with Crippen LogP contribution < -0.4 is 11.1 Å². The van der Waals surface area contributed by atoms with Crippen molar-refractivity contribution in [3.8, 4) is 0 Å². The van der Waals surface area contributed by atoms with Crippen molar-refractivity contribution in [1.29, 1.82) is 0 Å². The Morgan fingerprint density at radius 2 is 2.29 bits per heavy atom. The number of nitrogens with one attached hydrogen (secondary N) is 1. The summed E-state index contributed by atoms with van der Waals surface area (Å²) in [6.45, 7) is 2.91. The molecule has 0 amide bonds. The molecule has 0 aliphatic rings. The minimum Gasteiger partial charge on any atom is -0.397 e. The predicted octanol–water partition coefficient (Wildman–Crippen LogP) is 2.25. The first-order valence-corrected chi connectivity index (χ1v) is 4.69. The Morgan fingerprint density at radius 3 is 3.07 bits per heavy atom. The fraction of sp³-hybridized carbons (Fsp3) is 0.182. The van der Waals surface area contributed by atoms with Crippen LogP contribution in [0.2, 0.25) is 0 Å². The molecule has 1 aromatic heterocycles. The molecule has 3 N–H and O–H groups in total. The number of pyridine rings is 1. The fourth-order valence-electron chi connectivity index (χ4n) is 1.48. The van der Waals surface area contributed by atoms with E-state index < -0.39 is 0 Å². The maximum atomic E-state index is 5.88. The number of hydrogen-bond acceptors (Lipinski definition) is 3. The third kappa shape index (κ3) is 1.48. The summed E-state index contributed by atoms with van der Waals surface area (Å²) in [5, 5.41) is 4.28. The second-order valence-electron chi connectivity index (χ2n) is 3.17. The SMILES string of the molecule is CCNc1cc2ncccc2cc1N. The van der Waals surface area contributed by atoms with Gasteiger partial charge in [-0.05, 0) is 25.1 Å². The van der Waals surface area contributed by atoms with Crippen molar-refractivity contribution >= 4 is 22.3 Å². The molecule has 0 unspecified atom stereocenters. The van der Waals surface area contributed by atoms with Gasteiger partial charge in [0.1, 0.15) is 0 Å². The normalized spacial score (nSPS) is 10.4. The maximum Gasteiger partial charge on any atom is 0.0724 e. The Morgan fingerprint density at radius 1 is 1.43 bits per heavy atom. The monoisotopic (exact) mass is 187 g/mol. The third-order valence-electron chi connectivity index (χ3n) is 2.14. The highest BCUT2D eigenvalue weighted by Crippen LogP contribution is 2.24. The van der Waals surface area contributed by atoms with Crippen LogP contribution >= 0.6 is 0 Å². The van der Waals surface area contributed by atoms with Crippen LogP contribution in [0.1, 0.15) is 6.92 Å². The van der Waals surface area contributed by atoms with Crippen molar-refractivity contribution in [2.75, 3.05) is 17.6 Å². The van der Waals surface area contributed by atoms with E-state index in [1.54, 1.807) is 6.20 Å². The van der Waals surface area contributed by atoms with E-state index in [9.17, 15) is 0 Å². The van der Waals surface area contributed by atoms with Gasteiger partial charge < -0.3 is 11.1 Å². The summed E-state index contributed by atoms with van der Waals surface area (Å²) in [6, 6.07) is 7.84. The molecule has 0 spiro atoms. The van der Waals surface area contributed by atoms with E-state index in [0.717, 1.165) is 28.8 Å². The smallest absolute Gasteiger partial charge is 0.0724 e. The number of aromatic nitrogens is 1. The number of nitrogens with zero attached hydrogens (tertiary/aromatic N) is 1. The van der Waals surface area contributed by atoms with Crippen molar-refractivity contribution in [3.63, 3.8) is 0 Å². The maximum absolute atomic E-state index is 5.88. The minimum absolute atomic E-state index is 0.771. The minimum atomic E-state index is 0.771. The molecule has 0 bridgehead atoms. The van der Waals surface area contributed by atoms with Crippen LogP contribution in [0.3, 0.4) is 0 Å². The van der Waals surface area contributed by atoms with Crippen LogP contribution in [-0.2, 0) is 0 Å². The lowest BCUT2D eigenvalue weighted by atomic mass is 10.1. The summed E-state index contributed by atoms with van der Waals surface area (Å²) in [5.74, 6) is 0. The van der Waals surface area contributed by atoms with Gasteiger partial charge in [-0.25, -0.2) is 0 Å². The van der Waals surface area contributed by atoms with E-state index in [1.165, 1.54) is 0 Å². The number of anilines is 2. The van der Waals surface area contributed by atoms with Crippen LogP contribution in [-0.4, -0.2) is 11.5 Å². The van der Waals surface area contributed by atoms with Gasteiger partial charge in [0.2, 0.25) is 0 Å². The summed E-state index contributed by atoms with van der Waals surface area (Å²) in [6.07, 6.45) is 1.79. The van der Waals surface area contributed by atoms with Crippen LogP contribution in [0.25, 0.3) is 10.9 Å². The largest absolute Gasteiger partial charge is 0.397 e. The highest BCUT2D eigenvalue weighted by molar-refractivity contribution is 5.88. The fourth-order valence-corrected chi connectivity index (χ4v) is 1.48. The highest BCUT2D eigenvalue weighted by Gasteiger charge is 2.00. The van der Waals surface area contributed by atoms with Crippen LogP contribution in [0.5, 0.6) is 0 Å². The molecule has 3 nitrogen and oxygen atoms in total. The number of nitrogens with two attached hydrogens (primary N) is 1. The zero-order chi connectivity index (χ0) is 9.97. The van der Waals surface area contributed by atoms with Gasteiger partial charge in [-0.2, -0.15) is 0 Å². The molecule has 1 heterocycles. The van der Waals surface area contributed by atoms with E-state index in [2.05, 4.69) is 10.3 Å². The summed E-state index contributed by atoms with van der Waals surface area (Å²) in [4.78, 5) is 4.27. The van der Waals surface area contributed by atoms with Crippen molar-refractivity contribution in [3.05, 3.63) is 30.5 Å². The second kappa shape index (κ2) is 3.54. The molecule has 0 aliphatic heterocycles. The molecule has 0 saturated carbocycles. The van der Waals surface area contributed by atoms with Gasteiger partial charge in [0.15, 0.2) is 0 Å². The molecule has 2 rings (SSSR count). The first kappa shape index (κ1) is 8.81. The Hall–Kier alpha value is -1.77. The molecular formula is C11H13N3. The van der Waals surface area contributed by atoms with E-state index in [-0.39, 0.29) is 0 Å². The topological polar surface area (TPSA) is 50.9 Å². The number of nitrogen functional groups attached to an aromatic ring is 1. The first-order valence-electron chi connectivity index (χ1n) is 4.69. The predicted molar refractivity (Wildman–Crippen MR) is 60.3 cm³/mol. The van der Waals surface area contributed by atoms with E-state index in [1.807, 2.05) is 31.2 Å². The van der Waals surface area contributed by atoms with E-state index >= 15 is 0 Å². The molecule has 0 radical (unpaired) electrons. The van der Waals surface area contributed by atoms with Gasteiger partial charge in [-0.3, -0.25) is 4.98 Å². The number of hydrogen-bond donors (Lipinski definition) is 2. The molecule has 72 valence electrons. The molecule has 3 heteroatoms. The lowest BCUT2D eigenvalue weighted by Gasteiger charge is -2.08. The number of rotatable bonds is 2. The molecule has 2 aromatic rings. The first-order chi connectivity index (χ1) is 6.81. The van der Waals surface area contributed by atoms with Crippen molar-refractivity contribution in [1.82, 2.24) is 4.98 Å². The molecule has 0 aliphatic carbocycles.